The van der Waals surface area contributed by atoms with Gasteiger partial charge in [-0.05, 0) is 155 Å². The van der Waals surface area contributed by atoms with Crippen molar-refractivity contribution in [2.75, 3.05) is 0 Å². The van der Waals surface area contributed by atoms with E-state index in [1.165, 1.54) is 101 Å². The predicted octanol–water partition coefficient (Wildman–Crippen LogP) is 8.55. The fourth-order valence-corrected chi connectivity index (χ4v) is 11.8. The molecule has 272 valence electrons. The zero-order valence-electron chi connectivity index (χ0n) is 35.2. The standard InChI is InChI=1S/C52H58B2/c1-29-19-33(5)49(34(6)20-29)53(50-35(7)21-30(2)22-36(50)8)45-27-41-15-14-18-44-46(28-42-16-13-17-43(45)47(42)48(41)44)54(51-37(9)23-31(3)24-38(51)10)52-39(11)25-32(4)26-40(52)12/h19-28H,13-18H2,1-12H3. The average molecular weight is 705 g/mol. The molecule has 8 rings (SSSR count). The number of rotatable bonds is 6. The Morgan fingerprint density at radius 1 is 0.315 bits per heavy atom. The summed E-state index contributed by atoms with van der Waals surface area (Å²) in [6.45, 7) is 28.3. The van der Waals surface area contributed by atoms with Crippen LogP contribution >= 0.6 is 0 Å². The molecule has 0 amide bonds. The van der Waals surface area contributed by atoms with E-state index in [0.29, 0.717) is 0 Å². The van der Waals surface area contributed by atoms with Gasteiger partial charge < -0.3 is 0 Å². The summed E-state index contributed by atoms with van der Waals surface area (Å²) in [6, 6.07) is 24.8. The minimum atomic E-state index is 0.210. The van der Waals surface area contributed by atoms with Gasteiger partial charge in [0, 0.05) is 0 Å². The summed E-state index contributed by atoms with van der Waals surface area (Å²) >= 11 is 0. The zero-order chi connectivity index (χ0) is 38.3. The van der Waals surface area contributed by atoms with E-state index in [2.05, 4.69) is 144 Å². The lowest BCUT2D eigenvalue weighted by Crippen LogP contribution is -2.58. The van der Waals surface area contributed by atoms with Crippen molar-refractivity contribution >= 4 is 57.0 Å². The molecule has 0 spiro atoms. The summed E-state index contributed by atoms with van der Waals surface area (Å²) in [7, 11) is 0. The first-order valence-electron chi connectivity index (χ1n) is 20.7. The normalized spacial score (nSPS) is 13.5. The minimum Gasteiger partial charge on any atom is -0.0646 e. The van der Waals surface area contributed by atoms with Crippen LogP contribution in [0.1, 0.15) is 102 Å². The Kier molecular flexibility index (Phi) is 9.36. The van der Waals surface area contributed by atoms with Crippen LogP contribution in [0.3, 0.4) is 0 Å². The van der Waals surface area contributed by atoms with Crippen LogP contribution in [-0.4, -0.2) is 13.4 Å². The van der Waals surface area contributed by atoms with Gasteiger partial charge in [0.2, 0.25) is 13.4 Å². The van der Waals surface area contributed by atoms with E-state index in [0.717, 1.165) is 25.7 Å². The van der Waals surface area contributed by atoms with E-state index >= 15 is 0 Å². The molecule has 0 unspecified atom stereocenters. The van der Waals surface area contributed by atoms with Crippen molar-refractivity contribution < 1.29 is 0 Å². The molecule has 54 heavy (non-hydrogen) atoms. The molecular weight excluding hydrogens is 646 g/mol. The average Bonchev–Trinajstić information content (AvgIpc) is 3.07. The van der Waals surface area contributed by atoms with Crippen LogP contribution in [0.15, 0.2) is 60.7 Å². The topological polar surface area (TPSA) is 0 Å². The van der Waals surface area contributed by atoms with Gasteiger partial charge in [-0.25, -0.2) is 0 Å². The SMILES string of the molecule is Cc1cc(C)c(B(c2cc3c4c(c(B(c5c(C)cc(C)cc5C)c5c(C)cc(C)cc5C)cc5c4c2CCC5)CCC3)c2c(C)cc(C)cc2C)c(C)c1. The van der Waals surface area contributed by atoms with Crippen LogP contribution in [0.5, 0.6) is 0 Å². The van der Waals surface area contributed by atoms with Gasteiger partial charge in [-0.1, -0.05) is 160 Å². The van der Waals surface area contributed by atoms with Crippen LogP contribution in [0.2, 0.25) is 0 Å². The number of benzene rings is 6. The van der Waals surface area contributed by atoms with Crippen LogP contribution < -0.4 is 32.8 Å². The van der Waals surface area contributed by atoms with Crippen LogP contribution in [0.4, 0.5) is 0 Å². The molecule has 0 aromatic heterocycles. The lowest BCUT2D eigenvalue weighted by Gasteiger charge is -2.34. The van der Waals surface area contributed by atoms with E-state index in [1.807, 2.05) is 0 Å². The van der Waals surface area contributed by atoms with Gasteiger partial charge in [0.05, 0.1) is 0 Å². The van der Waals surface area contributed by atoms with Gasteiger partial charge in [0.25, 0.3) is 0 Å². The summed E-state index contributed by atoms with van der Waals surface area (Å²) in [6.07, 6.45) is 7.01. The molecule has 2 aliphatic rings. The summed E-state index contributed by atoms with van der Waals surface area (Å²) in [5.74, 6) is 0. The van der Waals surface area contributed by atoms with E-state index in [4.69, 9.17) is 0 Å². The van der Waals surface area contributed by atoms with Gasteiger partial charge in [0.15, 0.2) is 0 Å². The number of aryl methyl sites for hydroxylation is 16. The lowest BCUT2D eigenvalue weighted by molar-refractivity contribution is 0.792. The van der Waals surface area contributed by atoms with Crippen molar-refractivity contribution in [2.24, 2.45) is 0 Å². The fourth-order valence-electron chi connectivity index (χ4n) is 11.8. The van der Waals surface area contributed by atoms with Crippen LogP contribution in [-0.2, 0) is 25.7 Å². The molecule has 0 N–H and O–H groups in total. The second kappa shape index (κ2) is 13.8. The van der Waals surface area contributed by atoms with E-state index < -0.39 is 0 Å². The smallest absolute Gasteiger partial charge is 0.0646 e. The second-order valence-corrected chi connectivity index (χ2v) is 17.8. The Labute approximate surface area is 327 Å². The molecule has 0 saturated carbocycles. The molecule has 0 nitrogen and oxygen atoms in total. The third kappa shape index (κ3) is 6.00. The van der Waals surface area contributed by atoms with Crippen molar-refractivity contribution in [3.8, 4) is 0 Å². The molecule has 0 heterocycles. The van der Waals surface area contributed by atoms with Gasteiger partial charge in [-0.2, -0.15) is 0 Å². The number of hydrogen-bond donors (Lipinski definition) is 0. The highest BCUT2D eigenvalue weighted by molar-refractivity contribution is 6.98. The highest BCUT2D eigenvalue weighted by Gasteiger charge is 2.37. The van der Waals surface area contributed by atoms with Crippen LogP contribution in [0.25, 0.3) is 10.8 Å². The molecule has 6 aromatic carbocycles. The van der Waals surface area contributed by atoms with Crippen molar-refractivity contribution in [1.29, 1.82) is 0 Å². The van der Waals surface area contributed by atoms with Gasteiger partial charge in [0.1, 0.15) is 0 Å². The third-order valence-electron chi connectivity index (χ3n) is 13.3. The Morgan fingerprint density at radius 2 is 0.556 bits per heavy atom. The second-order valence-electron chi connectivity index (χ2n) is 17.8. The minimum absolute atomic E-state index is 0.210. The zero-order valence-corrected chi connectivity index (χ0v) is 35.2. The molecule has 0 saturated heterocycles. The quantitative estimate of drug-likeness (QED) is 0.153. The van der Waals surface area contributed by atoms with Gasteiger partial charge in [-0.15, -0.1) is 0 Å². The van der Waals surface area contributed by atoms with Gasteiger partial charge in [-0.3, -0.25) is 0 Å². The monoisotopic (exact) mass is 704 g/mol. The molecule has 0 aliphatic heterocycles. The molecule has 0 bridgehead atoms. The van der Waals surface area contributed by atoms with Crippen molar-refractivity contribution in [2.45, 2.75) is 122 Å². The van der Waals surface area contributed by atoms with Crippen molar-refractivity contribution in [1.82, 2.24) is 0 Å². The maximum Gasteiger partial charge on any atom is 0.242 e. The lowest BCUT2D eigenvalue weighted by atomic mass is 9.32. The highest BCUT2D eigenvalue weighted by Crippen LogP contribution is 2.37. The molecule has 0 atom stereocenters. The Balaban J connectivity index is 1.48. The molecule has 2 heteroatoms. The first kappa shape index (κ1) is 36.7. The van der Waals surface area contributed by atoms with Crippen molar-refractivity contribution in [3.63, 3.8) is 0 Å². The van der Waals surface area contributed by atoms with E-state index in [9.17, 15) is 0 Å². The first-order valence-corrected chi connectivity index (χ1v) is 20.7. The summed E-state index contributed by atoms with van der Waals surface area (Å²) in [4.78, 5) is 0. The Hall–Kier alpha value is -4.29. The molecule has 0 radical (unpaired) electrons. The van der Waals surface area contributed by atoms with E-state index in [1.54, 1.807) is 44.0 Å². The largest absolute Gasteiger partial charge is 0.242 e. The Bertz CT molecular complexity index is 2140. The fraction of sp³-hybridized carbons (Fsp3) is 0.346. The first-order chi connectivity index (χ1) is 25.7. The summed E-state index contributed by atoms with van der Waals surface area (Å²) in [5.41, 5.74) is 32.3. The molecule has 0 fully saturated rings. The molecule has 6 aromatic rings. The Morgan fingerprint density at radius 3 is 0.796 bits per heavy atom. The van der Waals surface area contributed by atoms with Crippen LogP contribution in [0, 0.1) is 83.1 Å². The maximum absolute atomic E-state index is 2.72. The number of hydrogen-bond acceptors (Lipinski definition) is 0. The summed E-state index contributed by atoms with van der Waals surface area (Å²) < 4.78 is 0. The predicted molar refractivity (Wildman–Crippen MR) is 240 cm³/mol. The summed E-state index contributed by atoms with van der Waals surface area (Å²) in [5, 5.41) is 3.21. The van der Waals surface area contributed by atoms with E-state index in [-0.39, 0.29) is 13.4 Å². The molecule has 2 aliphatic carbocycles. The van der Waals surface area contributed by atoms with Crippen molar-refractivity contribution in [3.05, 3.63) is 150 Å². The third-order valence-corrected chi connectivity index (χ3v) is 13.3. The maximum atomic E-state index is 2.72. The highest BCUT2D eigenvalue weighted by atomic mass is 14.3. The molecular formula is C52H58B2. The van der Waals surface area contributed by atoms with Gasteiger partial charge >= 0.3 is 0 Å².